The fourth-order valence-corrected chi connectivity index (χ4v) is 2.83. The maximum atomic E-state index is 9.25. The van der Waals surface area contributed by atoms with E-state index in [2.05, 4.69) is 6.07 Å². The van der Waals surface area contributed by atoms with Crippen molar-refractivity contribution in [2.45, 2.75) is 5.25 Å². The lowest BCUT2D eigenvalue weighted by molar-refractivity contribution is 0.475. The first-order chi connectivity index (χ1) is 9.20. The molecule has 0 amide bonds. The molecule has 0 fully saturated rings. The van der Waals surface area contributed by atoms with Crippen molar-refractivity contribution in [3.63, 3.8) is 0 Å². The van der Waals surface area contributed by atoms with Crippen molar-refractivity contribution in [2.24, 2.45) is 0 Å². The van der Waals surface area contributed by atoms with Crippen LogP contribution in [0.5, 0.6) is 5.75 Å². The normalized spacial score (nSPS) is 11.5. The van der Waals surface area contributed by atoms with Crippen LogP contribution in [0.1, 0.15) is 16.4 Å². The highest BCUT2D eigenvalue weighted by Gasteiger charge is 2.14. The second-order valence-corrected chi connectivity index (χ2v) is 5.65. The van der Waals surface area contributed by atoms with E-state index >= 15 is 0 Å². The molecule has 0 aliphatic carbocycles. The molecule has 19 heavy (non-hydrogen) atoms. The van der Waals surface area contributed by atoms with E-state index in [9.17, 15) is 10.4 Å². The molecule has 0 radical (unpaired) electrons. The average molecular weight is 285 g/mol. The number of rotatable bonds is 3. The zero-order chi connectivity index (χ0) is 13.7. The molecule has 0 aliphatic rings. The van der Waals surface area contributed by atoms with Gasteiger partial charge in [0.25, 0.3) is 0 Å². The summed E-state index contributed by atoms with van der Waals surface area (Å²) in [4.78, 5) is 0. The first-order valence-corrected chi connectivity index (χ1v) is 6.94. The Labute approximate surface area is 121 Å². The summed E-state index contributed by atoms with van der Waals surface area (Å²) in [6.07, 6.45) is 0. The van der Waals surface area contributed by atoms with E-state index < -0.39 is 0 Å². The van der Waals surface area contributed by atoms with Gasteiger partial charge in [0.2, 0.25) is 0 Å². The molecule has 1 unspecified atom stereocenters. The smallest absolute Gasteiger partial charge is 0.122 e. The maximum Gasteiger partial charge on any atom is 0.122 e. The molecule has 0 saturated heterocycles. The Hall–Kier alpha value is -1.83. The molecule has 2 aromatic carbocycles. The molecule has 2 aromatic rings. The fourth-order valence-electron chi connectivity index (χ4n) is 1.57. The molecule has 0 aliphatic heterocycles. The summed E-state index contributed by atoms with van der Waals surface area (Å²) in [6, 6.07) is 18.5. The van der Waals surface area contributed by atoms with Crippen LogP contribution in [0.3, 0.4) is 0 Å². The number of hydrogen-bond donors (Lipinski definition) is 1. The van der Waals surface area contributed by atoms with Gasteiger partial charge in [-0.3, -0.25) is 0 Å². The van der Waals surface area contributed by atoms with Crippen LogP contribution in [-0.2, 0) is 0 Å². The third-order valence-electron chi connectivity index (χ3n) is 2.55. The number of phenolic OH excluding ortho intramolecular Hbond substituents is 1. The highest BCUT2D eigenvalue weighted by atomic mass is 32.2. The van der Waals surface area contributed by atoms with Crippen LogP contribution in [0.25, 0.3) is 0 Å². The molecule has 1 N–H and O–H groups in total. The lowest BCUT2D eigenvalue weighted by atomic mass is 10.2. The molecule has 4 heteroatoms. The van der Waals surface area contributed by atoms with Gasteiger partial charge in [-0.2, -0.15) is 5.26 Å². The molecular formula is C15H11NOS2. The van der Waals surface area contributed by atoms with Crippen LogP contribution in [-0.4, -0.2) is 9.30 Å². The standard InChI is InChI=1S/C15H11NOS2/c16-10-14(11-4-2-1-3-5-11)19-15(18)12-6-8-13(17)9-7-12/h1-9,14,17H. The molecule has 94 valence electrons. The highest BCUT2D eigenvalue weighted by Crippen LogP contribution is 2.31. The van der Waals surface area contributed by atoms with Crippen molar-refractivity contribution >= 4 is 28.2 Å². The Bertz CT molecular complexity index is 602. The monoisotopic (exact) mass is 285 g/mol. The number of phenols is 1. The van der Waals surface area contributed by atoms with E-state index in [1.54, 1.807) is 24.3 Å². The predicted octanol–water partition coefficient (Wildman–Crippen LogP) is 4.07. The maximum absolute atomic E-state index is 9.25. The average Bonchev–Trinajstić information content (AvgIpc) is 2.46. The van der Waals surface area contributed by atoms with Gasteiger partial charge in [-0.05, 0) is 35.4 Å². The van der Waals surface area contributed by atoms with Crippen LogP contribution in [0, 0.1) is 11.3 Å². The van der Waals surface area contributed by atoms with E-state index in [1.807, 2.05) is 30.3 Å². The van der Waals surface area contributed by atoms with E-state index in [4.69, 9.17) is 12.2 Å². The summed E-state index contributed by atoms with van der Waals surface area (Å²) < 4.78 is 0.649. The SMILES string of the molecule is N#CC(SC(=S)c1ccc(O)cc1)c1ccccc1. The number of benzene rings is 2. The molecule has 0 saturated carbocycles. The summed E-state index contributed by atoms with van der Waals surface area (Å²) in [7, 11) is 0. The first-order valence-electron chi connectivity index (χ1n) is 5.65. The Kier molecular flexibility index (Phi) is 4.56. The van der Waals surface area contributed by atoms with Crippen LogP contribution < -0.4 is 0 Å². The molecule has 0 spiro atoms. The Morgan fingerprint density at radius 3 is 2.32 bits per heavy atom. The second-order valence-electron chi connectivity index (χ2n) is 3.87. The number of hydrogen-bond acceptors (Lipinski definition) is 4. The predicted molar refractivity (Wildman–Crippen MR) is 82.2 cm³/mol. The molecule has 2 nitrogen and oxygen atoms in total. The second kappa shape index (κ2) is 6.37. The van der Waals surface area contributed by atoms with Crippen LogP contribution >= 0.6 is 24.0 Å². The summed E-state index contributed by atoms with van der Waals surface area (Å²) in [6.45, 7) is 0. The highest BCUT2D eigenvalue weighted by molar-refractivity contribution is 8.23. The number of nitrogens with zero attached hydrogens (tertiary/aromatic N) is 1. The van der Waals surface area contributed by atoms with Crippen molar-refractivity contribution in [1.82, 2.24) is 0 Å². The van der Waals surface area contributed by atoms with Crippen LogP contribution in [0.15, 0.2) is 54.6 Å². The van der Waals surface area contributed by atoms with Crippen molar-refractivity contribution in [3.8, 4) is 11.8 Å². The Balaban J connectivity index is 2.13. The van der Waals surface area contributed by atoms with Crippen molar-refractivity contribution in [3.05, 3.63) is 65.7 Å². The quantitative estimate of drug-likeness (QED) is 0.863. The number of aromatic hydroxyl groups is 1. The molecular weight excluding hydrogens is 274 g/mol. The van der Waals surface area contributed by atoms with E-state index in [0.717, 1.165) is 11.1 Å². The fraction of sp³-hybridized carbons (Fsp3) is 0.0667. The van der Waals surface area contributed by atoms with Crippen molar-refractivity contribution < 1.29 is 5.11 Å². The zero-order valence-electron chi connectivity index (χ0n) is 9.98. The molecule has 1 atom stereocenters. The molecule has 0 heterocycles. The number of nitriles is 1. The Morgan fingerprint density at radius 2 is 1.74 bits per heavy atom. The van der Waals surface area contributed by atoms with Gasteiger partial charge in [0.05, 0.1) is 10.3 Å². The van der Waals surface area contributed by atoms with E-state index in [1.165, 1.54) is 11.8 Å². The van der Waals surface area contributed by atoms with Crippen LogP contribution in [0.2, 0.25) is 0 Å². The minimum atomic E-state index is -0.317. The van der Waals surface area contributed by atoms with Gasteiger partial charge in [-0.1, -0.05) is 54.3 Å². The first kappa shape index (κ1) is 13.6. The minimum Gasteiger partial charge on any atom is -0.508 e. The molecule has 0 aromatic heterocycles. The summed E-state index contributed by atoms with van der Waals surface area (Å²) in [5.74, 6) is 0.205. The zero-order valence-corrected chi connectivity index (χ0v) is 11.6. The summed E-state index contributed by atoms with van der Waals surface area (Å²) in [5.41, 5.74) is 1.78. The Morgan fingerprint density at radius 1 is 1.11 bits per heavy atom. The van der Waals surface area contributed by atoms with Gasteiger partial charge in [0, 0.05) is 0 Å². The summed E-state index contributed by atoms with van der Waals surface area (Å²) in [5, 5.41) is 18.2. The van der Waals surface area contributed by atoms with Gasteiger partial charge in [-0.15, -0.1) is 0 Å². The van der Waals surface area contributed by atoms with E-state index in [0.29, 0.717) is 4.20 Å². The number of thioether (sulfide) groups is 1. The summed E-state index contributed by atoms with van der Waals surface area (Å²) >= 11 is 6.68. The van der Waals surface area contributed by atoms with Gasteiger partial charge >= 0.3 is 0 Å². The third kappa shape index (κ3) is 3.57. The van der Waals surface area contributed by atoms with E-state index in [-0.39, 0.29) is 11.0 Å². The minimum absolute atomic E-state index is 0.205. The van der Waals surface area contributed by atoms with Gasteiger partial charge < -0.3 is 5.11 Å². The third-order valence-corrected chi connectivity index (χ3v) is 4.13. The lowest BCUT2D eigenvalue weighted by Crippen LogP contribution is -1.97. The molecule has 0 bridgehead atoms. The lowest BCUT2D eigenvalue weighted by Gasteiger charge is -2.10. The topological polar surface area (TPSA) is 44.0 Å². The number of thiocarbonyl (C=S) groups is 1. The molecule has 2 rings (SSSR count). The van der Waals surface area contributed by atoms with Gasteiger partial charge in [-0.25, -0.2) is 0 Å². The van der Waals surface area contributed by atoms with Crippen LogP contribution in [0.4, 0.5) is 0 Å². The van der Waals surface area contributed by atoms with Crippen molar-refractivity contribution in [2.75, 3.05) is 0 Å². The van der Waals surface area contributed by atoms with Crippen molar-refractivity contribution in [1.29, 1.82) is 5.26 Å². The van der Waals surface area contributed by atoms with Gasteiger partial charge in [0.15, 0.2) is 0 Å². The largest absolute Gasteiger partial charge is 0.508 e. The van der Waals surface area contributed by atoms with Gasteiger partial charge in [0.1, 0.15) is 11.0 Å².